The number of nitrogens with zero attached hydrogens (tertiary/aromatic N) is 1. The lowest BCUT2D eigenvalue weighted by Gasteiger charge is -2.28. The van der Waals surface area contributed by atoms with Crippen molar-refractivity contribution in [3.05, 3.63) is 20.9 Å². The normalized spacial score (nSPS) is 22.8. The van der Waals surface area contributed by atoms with Crippen LogP contribution < -0.4 is 11.1 Å². The zero-order valence-electron chi connectivity index (χ0n) is 10.2. The van der Waals surface area contributed by atoms with Gasteiger partial charge >= 0.3 is 6.09 Å². The van der Waals surface area contributed by atoms with Crippen molar-refractivity contribution >= 4 is 46.1 Å². The quantitative estimate of drug-likeness (QED) is 0.771. The minimum Gasteiger partial charge on any atom is -0.446 e. The molecule has 7 heteroatoms. The van der Waals surface area contributed by atoms with Crippen molar-refractivity contribution in [1.82, 2.24) is 4.98 Å². The van der Waals surface area contributed by atoms with E-state index in [-0.39, 0.29) is 6.10 Å². The Labute approximate surface area is 130 Å². The van der Waals surface area contributed by atoms with Crippen LogP contribution in [0.5, 0.6) is 0 Å². The highest BCUT2D eigenvalue weighted by atomic mass is 127. The molecule has 0 unspecified atom stereocenters. The first-order valence-corrected chi connectivity index (χ1v) is 7.54. The Bertz CT molecular complexity index is 464. The molecule has 1 aromatic heterocycles. The third-order valence-corrected chi connectivity index (χ3v) is 4.63. The maximum Gasteiger partial charge on any atom is 0.404 e. The number of hydrogen-bond donors (Lipinski definition) is 2. The summed E-state index contributed by atoms with van der Waals surface area (Å²) in [6, 6.07) is 2.27. The van der Waals surface area contributed by atoms with Gasteiger partial charge in [0.25, 0.3) is 0 Å². The Morgan fingerprint density at radius 3 is 2.74 bits per heavy atom. The molecule has 1 aliphatic carbocycles. The van der Waals surface area contributed by atoms with Crippen molar-refractivity contribution in [2.24, 2.45) is 5.73 Å². The smallest absolute Gasteiger partial charge is 0.404 e. The van der Waals surface area contributed by atoms with E-state index in [1.807, 2.05) is 6.07 Å². The molecule has 104 valence electrons. The number of pyridine rings is 1. The van der Waals surface area contributed by atoms with Gasteiger partial charge in [0.2, 0.25) is 0 Å². The van der Waals surface area contributed by atoms with Gasteiger partial charge in [-0.3, -0.25) is 0 Å². The Kier molecular flexibility index (Phi) is 5.09. The monoisotopic (exact) mass is 395 g/mol. The number of aromatic nitrogens is 1. The van der Waals surface area contributed by atoms with Gasteiger partial charge in [-0.15, -0.1) is 0 Å². The third-order valence-electron chi connectivity index (χ3n) is 3.12. The second-order valence-corrected chi connectivity index (χ2v) is 6.11. The Morgan fingerprint density at radius 2 is 2.16 bits per heavy atom. The molecule has 0 saturated heterocycles. The van der Waals surface area contributed by atoms with E-state index in [1.165, 1.54) is 0 Å². The number of hydrogen-bond acceptors (Lipinski definition) is 4. The molecule has 0 aliphatic heterocycles. The molecule has 0 atom stereocenters. The van der Waals surface area contributed by atoms with E-state index < -0.39 is 6.09 Å². The summed E-state index contributed by atoms with van der Waals surface area (Å²) in [5.41, 5.74) is 5.01. The summed E-state index contributed by atoms with van der Waals surface area (Å²) in [6.07, 6.45) is 4.42. The zero-order valence-corrected chi connectivity index (χ0v) is 13.1. The molecule has 1 aromatic rings. The number of carbonyl (C=O) groups excluding carboxylic acids is 1. The predicted octanol–water partition coefficient (Wildman–Crippen LogP) is 3.16. The molecule has 1 aliphatic rings. The molecule has 1 fully saturated rings. The number of ether oxygens (including phenoxy) is 1. The number of halogens is 2. The summed E-state index contributed by atoms with van der Waals surface area (Å²) in [5.74, 6) is 0.827. The van der Waals surface area contributed by atoms with E-state index in [0.29, 0.717) is 11.1 Å². The molecular formula is C12H15ClIN3O2. The molecule has 0 radical (unpaired) electrons. The molecule has 19 heavy (non-hydrogen) atoms. The summed E-state index contributed by atoms with van der Waals surface area (Å²) in [7, 11) is 0. The first-order chi connectivity index (χ1) is 9.04. The van der Waals surface area contributed by atoms with Gasteiger partial charge < -0.3 is 15.8 Å². The topological polar surface area (TPSA) is 77.2 Å². The number of nitrogens with one attached hydrogen (secondary N) is 1. The molecule has 5 nitrogen and oxygen atoms in total. The van der Waals surface area contributed by atoms with Gasteiger partial charge in [-0.25, -0.2) is 9.78 Å². The second-order valence-electron chi connectivity index (χ2n) is 4.54. The lowest BCUT2D eigenvalue weighted by molar-refractivity contribution is 0.0805. The number of amides is 1. The fourth-order valence-electron chi connectivity index (χ4n) is 2.19. The maximum absolute atomic E-state index is 10.7. The number of primary amides is 1. The summed E-state index contributed by atoms with van der Waals surface area (Å²) >= 11 is 8.11. The second kappa shape index (κ2) is 6.60. The van der Waals surface area contributed by atoms with Crippen LogP contribution in [-0.4, -0.2) is 23.2 Å². The lowest BCUT2D eigenvalue weighted by atomic mass is 9.93. The van der Waals surface area contributed by atoms with Crippen LogP contribution in [0.4, 0.5) is 10.6 Å². The Morgan fingerprint density at radius 1 is 1.47 bits per heavy atom. The summed E-state index contributed by atoms with van der Waals surface area (Å²) in [5, 5.41) is 4.03. The van der Waals surface area contributed by atoms with E-state index >= 15 is 0 Å². The molecular weight excluding hydrogens is 381 g/mol. The van der Waals surface area contributed by atoms with E-state index in [1.54, 1.807) is 6.20 Å². The van der Waals surface area contributed by atoms with Crippen molar-refractivity contribution in [2.45, 2.75) is 37.8 Å². The standard InChI is InChI=1S/C12H15ClIN3O2/c13-9-6-16-11(5-10(9)14)17-7-1-3-8(4-2-7)19-12(15)18/h5-8H,1-4H2,(H2,15,18)(H,16,17). The van der Waals surface area contributed by atoms with Crippen LogP contribution in [0.1, 0.15) is 25.7 Å². The minimum atomic E-state index is -0.690. The first kappa shape index (κ1) is 14.6. The van der Waals surface area contributed by atoms with Gasteiger partial charge in [-0.2, -0.15) is 0 Å². The molecule has 0 aromatic carbocycles. The molecule has 0 spiro atoms. The first-order valence-electron chi connectivity index (χ1n) is 6.08. The predicted molar refractivity (Wildman–Crippen MR) is 82.3 cm³/mol. The van der Waals surface area contributed by atoms with Crippen molar-refractivity contribution in [2.75, 3.05) is 5.32 Å². The molecule has 0 bridgehead atoms. The summed E-state index contributed by atoms with van der Waals surface area (Å²) in [6.45, 7) is 0. The molecule has 1 heterocycles. The number of carbonyl (C=O) groups is 1. The van der Waals surface area contributed by atoms with Crippen LogP contribution in [0, 0.1) is 3.57 Å². The Balaban J connectivity index is 1.85. The van der Waals surface area contributed by atoms with E-state index in [2.05, 4.69) is 32.9 Å². The number of nitrogens with two attached hydrogens (primary N) is 1. The van der Waals surface area contributed by atoms with Gasteiger partial charge in [0.05, 0.1) is 5.02 Å². The maximum atomic E-state index is 10.7. The largest absolute Gasteiger partial charge is 0.446 e. The van der Waals surface area contributed by atoms with Crippen LogP contribution in [0.3, 0.4) is 0 Å². The molecule has 1 amide bonds. The van der Waals surface area contributed by atoms with Crippen molar-refractivity contribution < 1.29 is 9.53 Å². The van der Waals surface area contributed by atoms with Gasteiger partial charge in [0.15, 0.2) is 0 Å². The van der Waals surface area contributed by atoms with Crippen LogP contribution in [0.2, 0.25) is 5.02 Å². The zero-order chi connectivity index (χ0) is 13.8. The highest BCUT2D eigenvalue weighted by Gasteiger charge is 2.23. The van der Waals surface area contributed by atoms with Crippen LogP contribution in [-0.2, 0) is 4.74 Å². The van der Waals surface area contributed by atoms with Gasteiger partial charge in [-0.05, 0) is 54.3 Å². The Hall–Kier alpha value is -0.760. The number of anilines is 1. The molecule has 1 saturated carbocycles. The van der Waals surface area contributed by atoms with Crippen LogP contribution in [0.25, 0.3) is 0 Å². The highest BCUT2D eigenvalue weighted by molar-refractivity contribution is 14.1. The van der Waals surface area contributed by atoms with Gasteiger partial charge in [0, 0.05) is 15.8 Å². The fourth-order valence-corrected chi connectivity index (χ4v) is 2.73. The summed E-state index contributed by atoms with van der Waals surface area (Å²) < 4.78 is 5.98. The average molecular weight is 396 g/mol. The molecule has 3 N–H and O–H groups in total. The summed E-state index contributed by atoms with van der Waals surface area (Å²) in [4.78, 5) is 14.9. The number of rotatable bonds is 3. The van der Waals surface area contributed by atoms with Crippen molar-refractivity contribution in [1.29, 1.82) is 0 Å². The van der Waals surface area contributed by atoms with Gasteiger partial charge in [0.1, 0.15) is 11.9 Å². The fraction of sp³-hybridized carbons (Fsp3) is 0.500. The minimum absolute atomic E-state index is 0.0473. The van der Waals surface area contributed by atoms with Crippen molar-refractivity contribution in [3.8, 4) is 0 Å². The third kappa shape index (κ3) is 4.38. The van der Waals surface area contributed by atoms with Crippen LogP contribution >= 0.6 is 34.2 Å². The lowest BCUT2D eigenvalue weighted by Crippen LogP contribution is -2.32. The van der Waals surface area contributed by atoms with E-state index in [9.17, 15) is 4.79 Å². The van der Waals surface area contributed by atoms with E-state index in [0.717, 1.165) is 35.1 Å². The van der Waals surface area contributed by atoms with Crippen LogP contribution in [0.15, 0.2) is 12.3 Å². The molecule has 2 rings (SSSR count). The van der Waals surface area contributed by atoms with Gasteiger partial charge in [-0.1, -0.05) is 11.6 Å². The highest BCUT2D eigenvalue weighted by Crippen LogP contribution is 2.25. The SMILES string of the molecule is NC(=O)OC1CCC(Nc2cc(I)c(Cl)cn2)CC1. The average Bonchev–Trinajstić information content (AvgIpc) is 2.36. The van der Waals surface area contributed by atoms with E-state index in [4.69, 9.17) is 22.1 Å². The van der Waals surface area contributed by atoms with Crippen molar-refractivity contribution in [3.63, 3.8) is 0 Å².